The van der Waals surface area contributed by atoms with E-state index in [9.17, 15) is 22.7 Å². The summed E-state index contributed by atoms with van der Waals surface area (Å²) in [6, 6.07) is 12.2. The first kappa shape index (κ1) is 25.4. The van der Waals surface area contributed by atoms with Gasteiger partial charge in [0.05, 0.1) is 35.6 Å². The van der Waals surface area contributed by atoms with E-state index in [1.54, 1.807) is 55.1 Å². The van der Waals surface area contributed by atoms with Crippen molar-refractivity contribution >= 4 is 28.2 Å². The van der Waals surface area contributed by atoms with Gasteiger partial charge in [-0.2, -0.15) is 18.3 Å². The summed E-state index contributed by atoms with van der Waals surface area (Å²) in [5, 5.41) is 19.4. The highest BCUT2D eigenvalue weighted by Crippen LogP contribution is 2.57. The molecule has 0 fully saturated rings. The average molecular weight is 534 g/mol. The lowest BCUT2D eigenvalue weighted by molar-refractivity contribution is -0.275. The zero-order valence-electron chi connectivity index (χ0n) is 20.2. The summed E-state index contributed by atoms with van der Waals surface area (Å²) in [7, 11) is 1.41. The topological polar surface area (TPSA) is 59.3 Å². The molecule has 0 radical (unpaired) electrons. The summed E-state index contributed by atoms with van der Waals surface area (Å²) < 4.78 is 63.8. The van der Waals surface area contributed by atoms with Crippen LogP contribution in [0.1, 0.15) is 37.4 Å². The molecule has 5 rings (SSSR count). The van der Waals surface area contributed by atoms with Crippen LogP contribution in [0.4, 0.5) is 23.2 Å². The molecule has 1 aliphatic carbocycles. The highest BCUT2D eigenvalue weighted by atomic mass is 35.5. The lowest BCUT2D eigenvalue weighted by atomic mass is 9.63. The van der Waals surface area contributed by atoms with Gasteiger partial charge in [-0.25, -0.2) is 9.07 Å². The first-order valence-corrected chi connectivity index (χ1v) is 11.9. The number of ether oxygens (including phenoxy) is 1. The number of fused-ring (bicyclic) bond motifs is 2. The van der Waals surface area contributed by atoms with Gasteiger partial charge < -0.3 is 15.2 Å². The first-order valence-electron chi connectivity index (χ1n) is 11.5. The minimum absolute atomic E-state index is 0.249. The van der Waals surface area contributed by atoms with Crippen LogP contribution in [0, 0.1) is 5.82 Å². The summed E-state index contributed by atoms with van der Waals surface area (Å²) in [5.74, 6) is -0.0890. The van der Waals surface area contributed by atoms with Crippen LogP contribution >= 0.6 is 11.6 Å². The quantitative estimate of drug-likeness (QED) is 0.279. The predicted molar refractivity (Wildman–Crippen MR) is 134 cm³/mol. The third-order valence-electron chi connectivity index (χ3n) is 6.96. The van der Waals surface area contributed by atoms with Gasteiger partial charge in [-0.05, 0) is 65.9 Å². The van der Waals surface area contributed by atoms with E-state index in [2.05, 4.69) is 10.4 Å². The van der Waals surface area contributed by atoms with Crippen LogP contribution in [0.3, 0.4) is 0 Å². The zero-order valence-corrected chi connectivity index (χ0v) is 21.0. The Labute approximate surface area is 215 Å². The summed E-state index contributed by atoms with van der Waals surface area (Å²) in [4.78, 5) is 0. The van der Waals surface area contributed by atoms with Crippen LogP contribution < -0.4 is 10.1 Å². The van der Waals surface area contributed by atoms with Gasteiger partial charge in [-0.1, -0.05) is 31.5 Å². The Kier molecular flexibility index (Phi) is 5.91. The maximum Gasteiger partial charge on any atom is 0.419 e. The number of halogens is 5. The van der Waals surface area contributed by atoms with Crippen molar-refractivity contribution in [3.8, 4) is 11.4 Å². The average Bonchev–Trinajstić information content (AvgIpc) is 3.24. The Bertz CT molecular complexity index is 1480. The Hall–Kier alpha value is -3.30. The van der Waals surface area contributed by atoms with E-state index in [4.69, 9.17) is 16.3 Å². The molecule has 194 valence electrons. The van der Waals surface area contributed by atoms with Gasteiger partial charge in [-0.3, -0.25) is 0 Å². The molecular formula is C27H24ClF4N3O2. The van der Waals surface area contributed by atoms with Crippen LogP contribution in [-0.2, 0) is 5.41 Å². The van der Waals surface area contributed by atoms with Gasteiger partial charge in [0.15, 0.2) is 5.60 Å². The van der Waals surface area contributed by atoms with Crippen molar-refractivity contribution in [2.75, 3.05) is 12.4 Å². The van der Waals surface area contributed by atoms with Gasteiger partial charge in [-0.15, -0.1) is 0 Å². The Balaban J connectivity index is 1.61. The van der Waals surface area contributed by atoms with E-state index in [1.165, 1.54) is 31.4 Å². The lowest BCUT2D eigenvalue weighted by Gasteiger charge is -2.49. The molecule has 37 heavy (non-hydrogen) atoms. The monoisotopic (exact) mass is 533 g/mol. The fraction of sp³-hybridized carbons (Fsp3) is 0.296. The molecule has 3 aromatic carbocycles. The molecular weight excluding hydrogens is 510 g/mol. The third kappa shape index (κ3) is 4.10. The Morgan fingerprint density at radius 2 is 1.81 bits per heavy atom. The van der Waals surface area contributed by atoms with Crippen molar-refractivity contribution < 1.29 is 27.4 Å². The zero-order chi connectivity index (χ0) is 26.8. The molecule has 4 aromatic rings. The number of methoxy groups -OCH3 is 1. The Morgan fingerprint density at radius 1 is 1.11 bits per heavy atom. The van der Waals surface area contributed by atoms with E-state index in [0.29, 0.717) is 27.8 Å². The second-order valence-electron chi connectivity index (χ2n) is 9.91. The number of hydrogen-bond acceptors (Lipinski definition) is 4. The number of hydrogen-bond donors (Lipinski definition) is 2. The lowest BCUT2D eigenvalue weighted by Crippen LogP contribution is -2.58. The van der Waals surface area contributed by atoms with Crippen LogP contribution in [0.15, 0.2) is 60.8 Å². The number of alkyl halides is 3. The van der Waals surface area contributed by atoms with Crippen molar-refractivity contribution in [2.24, 2.45) is 0 Å². The molecule has 1 aliphatic rings. The molecule has 10 heteroatoms. The van der Waals surface area contributed by atoms with E-state index in [1.807, 2.05) is 0 Å². The SMILES string of the molecule is COc1c(Cl)ccc2c1C(C)(C)C[C@](O)(C(F)(F)F)[C@@H]2Nc1ccc2c(cnn2-c2ccc(F)cc2)c1. The van der Waals surface area contributed by atoms with Crippen molar-refractivity contribution in [1.29, 1.82) is 0 Å². The predicted octanol–water partition coefficient (Wildman–Crippen LogP) is 6.95. The van der Waals surface area contributed by atoms with Crippen LogP contribution in [0.25, 0.3) is 16.6 Å². The molecule has 1 aromatic heterocycles. The highest BCUT2D eigenvalue weighted by Gasteiger charge is 2.64. The molecule has 0 saturated carbocycles. The maximum absolute atomic E-state index is 14.5. The van der Waals surface area contributed by atoms with Crippen LogP contribution in [-0.4, -0.2) is 33.8 Å². The van der Waals surface area contributed by atoms with E-state index >= 15 is 0 Å². The number of aliphatic hydroxyl groups is 1. The van der Waals surface area contributed by atoms with Crippen molar-refractivity contribution in [1.82, 2.24) is 9.78 Å². The Morgan fingerprint density at radius 3 is 2.46 bits per heavy atom. The van der Waals surface area contributed by atoms with Crippen LogP contribution in [0.2, 0.25) is 5.02 Å². The molecule has 0 saturated heterocycles. The number of nitrogens with one attached hydrogen (secondary N) is 1. The first-order chi connectivity index (χ1) is 17.4. The van der Waals surface area contributed by atoms with E-state index in [0.717, 1.165) is 0 Å². The molecule has 0 bridgehead atoms. The summed E-state index contributed by atoms with van der Waals surface area (Å²) in [6.45, 7) is 3.26. The summed E-state index contributed by atoms with van der Waals surface area (Å²) in [6.07, 6.45) is -3.96. The molecule has 1 heterocycles. The van der Waals surface area contributed by atoms with E-state index < -0.39 is 29.7 Å². The van der Waals surface area contributed by atoms with Crippen LogP contribution in [0.5, 0.6) is 5.75 Å². The summed E-state index contributed by atoms with van der Waals surface area (Å²) >= 11 is 6.32. The maximum atomic E-state index is 14.5. The second-order valence-corrected chi connectivity index (χ2v) is 10.3. The smallest absolute Gasteiger partial charge is 0.419 e. The number of nitrogens with zero attached hydrogens (tertiary/aromatic N) is 2. The van der Waals surface area contributed by atoms with E-state index in [-0.39, 0.29) is 22.2 Å². The highest BCUT2D eigenvalue weighted by molar-refractivity contribution is 6.32. The third-order valence-corrected chi connectivity index (χ3v) is 7.26. The molecule has 0 amide bonds. The summed E-state index contributed by atoms with van der Waals surface area (Å²) in [5.41, 5.74) is -1.72. The standard InChI is InChI=1S/C27H24ClF4N3O2/c1-25(2)14-26(36,27(30,31)32)24(19-9-10-20(28)23(37-3)22(19)25)34-17-6-11-21-15(12-17)13-33-35(21)18-7-4-16(29)5-8-18/h4-13,24,34,36H,14H2,1-3H3/t24-,26-/m1/s1. The minimum atomic E-state index is -4.93. The van der Waals surface area contributed by atoms with Crippen molar-refractivity contribution in [3.63, 3.8) is 0 Å². The number of aromatic nitrogens is 2. The number of benzene rings is 3. The second kappa shape index (κ2) is 8.63. The minimum Gasteiger partial charge on any atom is -0.495 e. The number of anilines is 1. The number of rotatable bonds is 4. The van der Waals surface area contributed by atoms with Crippen molar-refractivity contribution in [3.05, 3.63) is 82.8 Å². The molecule has 2 atom stereocenters. The molecule has 5 nitrogen and oxygen atoms in total. The molecule has 0 aliphatic heterocycles. The fourth-order valence-electron chi connectivity index (χ4n) is 5.37. The van der Waals surface area contributed by atoms with Gasteiger partial charge in [0.1, 0.15) is 11.6 Å². The van der Waals surface area contributed by atoms with Gasteiger partial charge >= 0.3 is 6.18 Å². The van der Waals surface area contributed by atoms with Crippen molar-refractivity contribution in [2.45, 2.75) is 43.5 Å². The molecule has 0 spiro atoms. The van der Waals surface area contributed by atoms with Gasteiger partial charge in [0, 0.05) is 16.6 Å². The van der Waals surface area contributed by atoms with Gasteiger partial charge in [0.25, 0.3) is 0 Å². The fourth-order valence-corrected chi connectivity index (χ4v) is 5.61. The van der Waals surface area contributed by atoms with Gasteiger partial charge in [0.2, 0.25) is 0 Å². The normalized spacial score (nSPS) is 21.1. The largest absolute Gasteiger partial charge is 0.495 e. The molecule has 2 N–H and O–H groups in total. The molecule has 0 unspecified atom stereocenters.